The summed E-state index contributed by atoms with van der Waals surface area (Å²) in [5.74, 6) is -0.385. The molecule has 0 heterocycles. The molecular weight excluding hydrogens is 246 g/mol. The third-order valence-corrected chi connectivity index (χ3v) is 2.62. The van der Waals surface area contributed by atoms with Gasteiger partial charge in [-0.25, -0.2) is 0 Å². The number of carboxylic acids is 1. The van der Waals surface area contributed by atoms with Gasteiger partial charge in [-0.3, -0.25) is 9.59 Å². The van der Waals surface area contributed by atoms with E-state index in [9.17, 15) is 9.59 Å². The predicted molar refractivity (Wildman–Crippen MR) is 71.0 cm³/mol. The van der Waals surface area contributed by atoms with Crippen molar-refractivity contribution in [1.82, 2.24) is 5.32 Å². The first-order chi connectivity index (χ1) is 9.11. The minimum absolute atomic E-state index is 0.0538. The van der Waals surface area contributed by atoms with Crippen LogP contribution in [0.1, 0.15) is 26.2 Å². The van der Waals surface area contributed by atoms with Gasteiger partial charge in [0.2, 0.25) is 5.91 Å². The van der Waals surface area contributed by atoms with Crippen LogP contribution < -0.4 is 10.1 Å². The molecule has 1 unspecified atom stereocenters. The van der Waals surface area contributed by atoms with Crippen molar-refractivity contribution in [3.63, 3.8) is 0 Å². The molecule has 0 spiro atoms. The number of benzene rings is 1. The van der Waals surface area contributed by atoms with Crippen LogP contribution in [0.2, 0.25) is 0 Å². The van der Waals surface area contributed by atoms with Crippen LogP contribution in [0.5, 0.6) is 5.75 Å². The molecule has 104 valence electrons. The van der Waals surface area contributed by atoms with Crippen molar-refractivity contribution in [3.05, 3.63) is 30.3 Å². The third-order valence-electron chi connectivity index (χ3n) is 2.62. The zero-order valence-electron chi connectivity index (χ0n) is 11.0. The van der Waals surface area contributed by atoms with Gasteiger partial charge in [-0.05, 0) is 18.6 Å². The largest absolute Gasteiger partial charge is 0.493 e. The van der Waals surface area contributed by atoms with E-state index in [1.54, 1.807) is 0 Å². The molecule has 0 aliphatic carbocycles. The molecule has 0 saturated carbocycles. The summed E-state index contributed by atoms with van der Waals surface area (Å²) in [6.45, 7) is 2.12. The van der Waals surface area contributed by atoms with Gasteiger partial charge < -0.3 is 15.2 Å². The normalized spacial score (nSPS) is 11.6. The van der Waals surface area contributed by atoms with Gasteiger partial charge in [0.15, 0.2) is 0 Å². The molecule has 1 aromatic rings. The van der Waals surface area contributed by atoms with Crippen LogP contribution in [0.4, 0.5) is 0 Å². The Morgan fingerprint density at radius 1 is 1.32 bits per heavy atom. The van der Waals surface area contributed by atoms with Crippen LogP contribution in [-0.2, 0) is 9.59 Å². The Hall–Kier alpha value is -2.04. The molecule has 1 rings (SSSR count). The van der Waals surface area contributed by atoms with Crippen molar-refractivity contribution < 1.29 is 19.4 Å². The minimum atomic E-state index is -0.910. The lowest BCUT2D eigenvalue weighted by molar-refractivity contribution is -0.137. The standard InChI is InChI=1S/C14H19NO4/c1-2-11(10-14(17)18)15-13(16)8-9-19-12-6-4-3-5-7-12/h3-7,11H,2,8-10H2,1H3,(H,15,16)(H,17,18). The van der Waals surface area contributed by atoms with Crippen LogP contribution >= 0.6 is 0 Å². The Labute approximate surface area is 112 Å². The van der Waals surface area contributed by atoms with E-state index in [1.165, 1.54) is 0 Å². The highest BCUT2D eigenvalue weighted by Crippen LogP contribution is 2.08. The SMILES string of the molecule is CCC(CC(=O)O)NC(=O)CCOc1ccccc1. The minimum Gasteiger partial charge on any atom is -0.493 e. The summed E-state index contributed by atoms with van der Waals surface area (Å²) in [5.41, 5.74) is 0. The lowest BCUT2D eigenvalue weighted by Gasteiger charge is -2.14. The fourth-order valence-electron chi connectivity index (χ4n) is 1.59. The number of aliphatic carboxylic acids is 1. The number of hydrogen-bond donors (Lipinski definition) is 2. The Kier molecular flexibility index (Phi) is 6.43. The number of ether oxygens (including phenoxy) is 1. The van der Waals surface area contributed by atoms with Crippen molar-refractivity contribution in [2.24, 2.45) is 0 Å². The van der Waals surface area contributed by atoms with Crippen molar-refractivity contribution >= 4 is 11.9 Å². The van der Waals surface area contributed by atoms with Gasteiger partial charge in [-0.1, -0.05) is 25.1 Å². The number of carboxylic acid groups (broad SMARTS) is 1. The molecule has 5 heteroatoms. The fourth-order valence-corrected chi connectivity index (χ4v) is 1.59. The summed E-state index contributed by atoms with van der Waals surface area (Å²) in [6, 6.07) is 8.91. The van der Waals surface area contributed by atoms with Crippen LogP contribution in [0.25, 0.3) is 0 Å². The van der Waals surface area contributed by atoms with Crippen molar-refractivity contribution in [2.45, 2.75) is 32.2 Å². The van der Waals surface area contributed by atoms with Crippen molar-refractivity contribution in [2.75, 3.05) is 6.61 Å². The van der Waals surface area contributed by atoms with Crippen LogP contribution in [-0.4, -0.2) is 29.6 Å². The summed E-state index contributed by atoms with van der Waals surface area (Å²) in [4.78, 5) is 22.2. The highest BCUT2D eigenvalue weighted by molar-refractivity contribution is 5.77. The highest BCUT2D eigenvalue weighted by Gasteiger charge is 2.13. The molecule has 1 aromatic carbocycles. The number of hydrogen-bond acceptors (Lipinski definition) is 3. The number of para-hydroxylation sites is 1. The molecule has 1 atom stereocenters. The number of nitrogens with one attached hydrogen (secondary N) is 1. The van der Waals surface area contributed by atoms with E-state index >= 15 is 0 Å². The third kappa shape index (κ3) is 6.45. The maximum absolute atomic E-state index is 11.6. The molecule has 5 nitrogen and oxygen atoms in total. The van der Waals surface area contributed by atoms with Gasteiger partial charge in [0, 0.05) is 6.04 Å². The Balaban J connectivity index is 2.25. The Morgan fingerprint density at radius 2 is 2.00 bits per heavy atom. The van der Waals surface area contributed by atoms with E-state index in [1.807, 2.05) is 37.3 Å². The average Bonchev–Trinajstić information content (AvgIpc) is 2.38. The maximum atomic E-state index is 11.6. The molecule has 0 bridgehead atoms. The lowest BCUT2D eigenvalue weighted by Crippen LogP contribution is -2.36. The van der Waals surface area contributed by atoms with E-state index < -0.39 is 5.97 Å². The monoisotopic (exact) mass is 265 g/mol. The number of amides is 1. The smallest absolute Gasteiger partial charge is 0.305 e. The van der Waals surface area contributed by atoms with Crippen LogP contribution in [0, 0.1) is 0 Å². The zero-order chi connectivity index (χ0) is 14.1. The number of rotatable bonds is 8. The van der Waals surface area contributed by atoms with Gasteiger partial charge in [0.05, 0.1) is 19.4 Å². The van der Waals surface area contributed by atoms with E-state index in [-0.39, 0.29) is 31.4 Å². The van der Waals surface area contributed by atoms with Gasteiger partial charge >= 0.3 is 5.97 Å². The quantitative estimate of drug-likeness (QED) is 0.752. The Morgan fingerprint density at radius 3 is 2.58 bits per heavy atom. The summed E-state index contributed by atoms with van der Waals surface area (Å²) >= 11 is 0. The topological polar surface area (TPSA) is 75.6 Å². The number of carbonyl (C=O) groups excluding carboxylic acids is 1. The second kappa shape index (κ2) is 8.13. The molecule has 0 radical (unpaired) electrons. The second-order valence-corrected chi connectivity index (χ2v) is 4.18. The van der Waals surface area contributed by atoms with Crippen LogP contribution in [0.15, 0.2) is 30.3 Å². The second-order valence-electron chi connectivity index (χ2n) is 4.18. The van der Waals surface area contributed by atoms with Gasteiger partial charge in [-0.2, -0.15) is 0 Å². The van der Waals surface area contributed by atoms with Crippen molar-refractivity contribution in [1.29, 1.82) is 0 Å². The molecule has 0 aliphatic heterocycles. The first kappa shape index (κ1) is 15.0. The lowest BCUT2D eigenvalue weighted by atomic mass is 10.1. The molecule has 0 fully saturated rings. The van der Waals surface area contributed by atoms with Gasteiger partial charge in [0.1, 0.15) is 5.75 Å². The molecule has 1 amide bonds. The summed E-state index contributed by atoms with van der Waals surface area (Å²) < 4.78 is 5.40. The molecule has 2 N–H and O–H groups in total. The van der Waals surface area contributed by atoms with E-state index in [0.29, 0.717) is 12.2 Å². The van der Waals surface area contributed by atoms with Crippen molar-refractivity contribution in [3.8, 4) is 5.75 Å². The van der Waals surface area contributed by atoms with Gasteiger partial charge in [0.25, 0.3) is 0 Å². The zero-order valence-corrected chi connectivity index (χ0v) is 11.0. The highest BCUT2D eigenvalue weighted by atomic mass is 16.5. The van der Waals surface area contributed by atoms with E-state index in [0.717, 1.165) is 0 Å². The fraction of sp³-hybridized carbons (Fsp3) is 0.429. The Bertz CT molecular complexity index is 405. The summed E-state index contributed by atoms with van der Waals surface area (Å²) in [6.07, 6.45) is 0.754. The summed E-state index contributed by atoms with van der Waals surface area (Å²) in [5, 5.41) is 11.4. The van der Waals surface area contributed by atoms with Crippen LogP contribution in [0.3, 0.4) is 0 Å². The first-order valence-electron chi connectivity index (χ1n) is 6.30. The molecule has 0 aromatic heterocycles. The molecule has 0 aliphatic rings. The molecule has 0 saturated heterocycles. The number of carbonyl (C=O) groups is 2. The first-order valence-corrected chi connectivity index (χ1v) is 6.30. The van der Waals surface area contributed by atoms with E-state index in [4.69, 9.17) is 9.84 Å². The molecule has 19 heavy (non-hydrogen) atoms. The molecular formula is C14H19NO4. The average molecular weight is 265 g/mol. The summed E-state index contributed by atoms with van der Waals surface area (Å²) in [7, 11) is 0. The predicted octanol–water partition coefficient (Wildman–Crippen LogP) is 1.82. The van der Waals surface area contributed by atoms with Gasteiger partial charge in [-0.15, -0.1) is 0 Å². The van der Waals surface area contributed by atoms with E-state index in [2.05, 4.69) is 5.32 Å². The maximum Gasteiger partial charge on any atom is 0.305 e.